The molecule has 2 N–H and O–H groups in total. The third-order valence-electron chi connectivity index (χ3n) is 2.13. The topological polar surface area (TPSA) is 95.9 Å². The highest BCUT2D eigenvalue weighted by molar-refractivity contribution is 7.80. The van der Waals surface area contributed by atoms with Gasteiger partial charge >= 0.3 is 10.4 Å². The molecule has 0 saturated carbocycles. The van der Waals surface area contributed by atoms with Crippen LogP contribution in [0.2, 0.25) is 0 Å². The first-order chi connectivity index (χ1) is 6.20. The number of nitrogens with one attached hydrogen (secondary N) is 1. The van der Waals surface area contributed by atoms with Crippen LogP contribution in [0.4, 0.5) is 0 Å². The van der Waals surface area contributed by atoms with E-state index in [1.54, 1.807) is 20.9 Å². The summed E-state index contributed by atoms with van der Waals surface area (Å²) in [5, 5.41) is 3.34. The smallest absolute Gasteiger partial charge is 0.307 e. The van der Waals surface area contributed by atoms with Crippen molar-refractivity contribution < 1.29 is 22.0 Å². The number of amides is 1. The molecule has 0 unspecified atom stereocenters. The fourth-order valence-electron chi connectivity index (χ4n) is 1.46. The Morgan fingerprint density at radius 3 is 2.36 bits per heavy atom. The van der Waals surface area contributed by atoms with Crippen LogP contribution >= 0.6 is 0 Å². The molecule has 8 heteroatoms. The summed E-state index contributed by atoms with van der Waals surface area (Å²) in [6.45, 7) is 3.22. The Hall–Kier alpha value is -0.700. The van der Waals surface area contributed by atoms with Gasteiger partial charge in [-0.1, -0.05) is 0 Å². The molecule has 0 radical (unpaired) electrons. The van der Waals surface area contributed by atoms with Gasteiger partial charge in [0, 0.05) is 0 Å². The molecule has 1 aliphatic heterocycles. The van der Waals surface area contributed by atoms with Gasteiger partial charge in [0.1, 0.15) is 6.04 Å². The number of rotatable bonds is 3. The molecular formula is C6H12N2O5S. The standard InChI is InChI=1S/C6H12N2O5S/c1-6(2)4(7-3)5(9)8(6)13-14(10,11)12/h4,7H,1-3H3,(H,10,11,12)/t4-/m1/s1. The molecule has 0 aliphatic carbocycles. The van der Waals surface area contributed by atoms with Crippen molar-refractivity contribution in [3.8, 4) is 0 Å². The van der Waals surface area contributed by atoms with Crippen LogP contribution in [0.1, 0.15) is 13.8 Å². The monoisotopic (exact) mass is 224 g/mol. The zero-order valence-electron chi connectivity index (χ0n) is 8.01. The fourth-order valence-corrected chi connectivity index (χ4v) is 1.91. The van der Waals surface area contributed by atoms with Gasteiger partial charge in [-0.25, -0.2) is 0 Å². The second-order valence-corrected chi connectivity index (χ2v) is 4.51. The van der Waals surface area contributed by atoms with Gasteiger partial charge in [-0.3, -0.25) is 9.35 Å². The first-order valence-corrected chi connectivity index (χ1v) is 5.25. The first kappa shape index (κ1) is 11.4. The Balaban J connectivity index is 2.80. The fraction of sp³-hybridized carbons (Fsp3) is 0.833. The van der Waals surface area contributed by atoms with Gasteiger partial charge in [0.15, 0.2) is 0 Å². The van der Waals surface area contributed by atoms with E-state index in [0.717, 1.165) is 0 Å². The molecule has 1 atom stereocenters. The van der Waals surface area contributed by atoms with E-state index in [0.29, 0.717) is 5.06 Å². The lowest BCUT2D eigenvalue weighted by Gasteiger charge is -2.50. The minimum absolute atomic E-state index is 0.510. The van der Waals surface area contributed by atoms with E-state index in [2.05, 4.69) is 9.60 Å². The number of carbonyl (C=O) groups excluding carboxylic acids is 1. The highest BCUT2D eigenvalue weighted by Gasteiger charge is 2.56. The normalized spacial score (nSPS) is 26.1. The molecule has 0 aromatic rings. The Morgan fingerprint density at radius 2 is 2.07 bits per heavy atom. The molecule has 1 aliphatic rings. The second kappa shape index (κ2) is 3.16. The molecule has 1 saturated heterocycles. The van der Waals surface area contributed by atoms with Crippen LogP contribution in [0, 0.1) is 0 Å². The molecular weight excluding hydrogens is 212 g/mol. The average Bonchev–Trinajstić information content (AvgIpc) is 1.99. The van der Waals surface area contributed by atoms with Crippen LogP contribution in [0.5, 0.6) is 0 Å². The summed E-state index contributed by atoms with van der Waals surface area (Å²) in [6, 6.07) is -0.510. The van der Waals surface area contributed by atoms with Crippen LogP contribution < -0.4 is 5.32 Å². The van der Waals surface area contributed by atoms with Crippen molar-refractivity contribution >= 4 is 16.3 Å². The summed E-state index contributed by atoms with van der Waals surface area (Å²) in [5.74, 6) is -0.532. The van der Waals surface area contributed by atoms with Crippen molar-refractivity contribution in [2.45, 2.75) is 25.4 Å². The van der Waals surface area contributed by atoms with Crippen molar-refractivity contribution in [3.05, 3.63) is 0 Å². The Labute approximate surface area is 81.9 Å². The van der Waals surface area contributed by atoms with Crippen LogP contribution in [0.3, 0.4) is 0 Å². The average molecular weight is 224 g/mol. The Morgan fingerprint density at radius 1 is 1.57 bits per heavy atom. The van der Waals surface area contributed by atoms with Crippen molar-refractivity contribution in [1.82, 2.24) is 10.4 Å². The van der Waals surface area contributed by atoms with E-state index < -0.39 is 27.9 Å². The number of hydroxylamine groups is 2. The lowest BCUT2D eigenvalue weighted by atomic mass is 9.85. The van der Waals surface area contributed by atoms with Crippen LogP contribution in [-0.2, 0) is 19.5 Å². The van der Waals surface area contributed by atoms with Gasteiger partial charge < -0.3 is 5.32 Å². The molecule has 0 aromatic heterocycles. The Kier molecular flexibility index (Phi) is 2.57. The number of nitrogens with zero attached hydrogens (tertiary/aromatic N) is 1. The van der Waals surface area contributed by atoms with E-state index in [9.17, 15) is 13.2 Å². The number of carbonyl (C=O) groups is 1. The highest BCUT2D eigenvalue weighted by Crippen LogP contribution is 2.32. The minimum atomic E-state index is -4.64. The SMILES string of the molecule is CN[C@@H]1C(=O)N(OS(=O)(=O)O)C1(C)C. The zero-order valence-corrected chi connectivity index (χ0v) is 8.83. The van der Waals surface area contributed by atoms with Crippen molar-refractivity contribution in [1.29, 1.82) is 0 Å². The van der Waals surface area contributed by atoms with Crippen LogP contribution in [0.15, 0.2) is 0 Å². The van der Waals surface area contributed by atoms with Gasteiger partial charge in [0.25, 0.3) is 5.91 Å². The molecule has 0 spiro atoms. The molecule has 1 amide bonds. The Bertz CT molecular complexity index is 349. The summed E-state index contributed by atoms with van der Waals surface area (Å²) >= 11 is 0. The van der Waals surface area contributed by atoms with E-state index in [-0.39, 0.29) is 0 Å². The van der Waals surface area contributed by atoms with Gasteiger partial charge in [0.05, 0.1) is 5.54 Å². The van der Waals surface area contributed by atoms with E-state index >= 15 is 0 Å². The zero-order chi connectivity index (χ0) is 11.1. The molecule has 0 bridgehead atoms. The van der Waals surface area contributed by atoms with Crippen molar-refractivity contribution in [2.75, 3.05) is 7.05 Å². The summed E-state index contributed by atoms with van der Waals surface area (Å²) in [4.78, 5) is 11.2. The summed E-state index contributed by atoms with van der Waals surface area (Å²) < 4.78 is 33.3. The highest BCUT2D eigenvalue weighted by atomic mass is 32.3. The first-order valence-electron chi connectivity index (χ1n) is 3.88. The van der Waals surface area contributed by atoms with Gasteiger partial charge in [0.2, 0.25) is 0 Å². The van der Waals surface area contributed by atoms with Crippen LogP contribution in [-0.4, -0.2) is 42.6 Å². The lowest BCUT2D eigenvalue weighted by molar-refractivity contribution is -0.218. The largest absolute Gasteiger partial charge is 0.418 e. The summed E-state index contributed by atoms with van der Waals surface area (Å²) in [6.07, 6.45) is 0. The predicted octanol–water partition coefficient (Wildman–Crippen LogP) is -1.07. The van der Waals surface area contributed by atoms with Crippen molar-refractivity contribution in [3.63, 3.8) is 0 Å². The van der Waals surface area contributed by atoms with Gasteiger partial charge in [-0.15, -0.1) is 4.28 Å². The van der Waals surface area contributed by atoms with Crippen LogP contribution in [0.25, 0.3) is 0 Å². The van der Waals surface area contributed by atoms with Gasteiger partial charge in [-0.05, 0) is 20.9 Å². The molecule has 1 fully saturated rings. The number of hydrogen-bond donors (Lipinski definition) is 2. The molecule has 14 heavy (non-hydrogen) atoms. The number of likely N-dealkylation sites (N-methyl/N-ethyl adjacent to an activating group) is 1. The number of hydrogen-bond acceptors (Lipinski definition) is 5. The predicted molar refractivity (Wildman–Crippen MR) is 46.4 cm³/mol. The molecule has 82 valence electrons. The van der Waals surface area contributed by atoms with E-state index in [4.69, 9.17) is 4.55 Å². The lowest BCUT2D eigenvalue weighted by Crippen LogP contribution is -2.75. The summed E-state index contributed by atoms with van der Waals surface area (Å²) in [5.41, 5.74) is -0.804. The quantitative estimate of drug-likeness (QED) is 0.468. The number of β-lactam (4-membered cyclic amide) rings is 1. The van der Waals surface area contributed by atoms with Gasteiger partial charge in [-0.2, -0.15) is 13.5 Å². The molecule has 7 nitrogen and oxygen atoms in total. The van der Waals surface area contributed by atoms with E-state index in [1.807, 2.05) is 0 Å². The summed E-state index contributed by atoms with van der Waals surface area (Å²) in [7, 11) is -3.06. The van der Waals surface area contributed by atoms with Crippen molar-refractivity contribution in [2.24, 2.45) is 0 Å². The second-order valence-electron chi connectivity index (χ2n) is 3.51. The third-order valence-corrected chi connectivity index (χ3v) is 2.47. The maximum absolute atomic E-state index is 11.2. The maximum atomic E-state index is 11.2. The maximum Gasteiger partial charge on any atom is 0.418 e. The molecule has 0 aromatic carbocycles. The minimum Gasteiger partial charge on any atom is -0.307 e. The molecule has 1 rings (SSSR count). The third kappa shape index (κ3) is 1.73. The molecule has 1 heterocycles. The van der Waals surface area contributed by atoms with E-state index in [1.165, 1.54) is 0 Å².